The van der Waals surface area contributed by atoms with E-state index in [1.807, 2.05) is 0 Å². The third-order valence-electron chi connectivity index (χ3n) is 1.30. The van der Waals surface area contributed by atoms with E-state index in [0.717, 1.165) is 24.3 Å². The number of ether oxygens (including phenoxy) is 1. The number of halogens is 3. The molecule has 0 amide bonds. The standard InChI is InChI=1S/C7H6F3NO2S/c8-7(9,10)13-5-1-3-6(4-2-5)14(11)12/h1-4,11,14H. The number of nitrogens with one attached hydrogen (secondary N) is 1. The average molecular weight is 225 g/mol. The molecule has 0 saturated carbocycles. The van der Waals surface area contributed by atoms with Crippen molar-refractivity contribution in [2.75, 3.05) is 0 Å². The molecule has 0 aromatic heterocycles. The van der Waals surface area contributed by atoms with Crippen LogP contribution in [0.15, 0.2) is 29.2 Å². The SMILES string of the molecule is N=[SH](=O)c1ccc(OC(F)(F)F)cc1. The molecular formula is C7H6F3NO2S. The lowest BCUT2D eigenvalue weighted by Crippen LogP contribution is -2.16. The van der Waals surface area contributed by atoms with E-state index in [1.165, 1.54) is 0 Å². The van der Waals surface area contributed by atoms with Crippen LogP contribution in [0.3, 0.4) is 0 Å². The van der Waals surface area contributed by atoms with Gasteiger partial charge in [-0.25, -0.2) is 4.21 Å². The van der Waals surface area contributed by atoms with Crippen LogP contribution in [0.2, 0.25) is 0 Å². The summed E-state index contributed by atoms with van der Waals surface area (Å²) >= 11 is 0. The van der Waals surface area contributed by atoms with Crippen LogP contribution in [-0.4, -0.2) is 10.6 Å². The van der Waals surface area contributed by atoms with Crippen molar-refractivity contribution >= 4 is 10.6 Å². The van der Waals surface area contributed by atoms with Gasteiger partial charge in [0.1, 0.15) is 5.75 Å². The second kappa shape index (κ2) is 3.87. The first-order chi connectivity index (χ1) is 6.38. The molecule has 78 valence electrons. The molecule has 1 rings (SSSR count). The maximum atomic E-state index is 11.7. The Morgan fingerprint density at radius 3 is 2.07 bits per heavy atom. The van der Waals surface area contributed by atoms with Gasteiger partial charge in [0.15, 0.2) is 0 Å². The molecule has 1 unspecified atom stereocenters. The fraction of sp³-hybridized carbons (Fsp3) is 0.143. The molecule has 0 spiro atoms. The Kier molecular flexibility index (Phi) is 3.00. The number of alkyl halides is 3. The molecule has 1 atom stereocenters. The first-order valence-corrected chi connectivity index (χ1v) is 4.69. The van der Waals surface area contributed by atoms with Gasteiger partial charge in [0.2, 0.25) is 0 Å². The van der Waals surface area contributed by atoms with E-state index in [-0.39, 0.29) is 4.90 Å². The van der Waals surface area contributed by atoms with Crippen LogP contribution in [0, 0.1) is 4.78 Å². The van der Waals surface area contributed by atoms with Gasteiger partial charge in [-0.2, -0.15) is 0 Å². The smallest absolute Gasteiger partial charge is 0.406 e. The van der Waals surface area contributed by atoms with E-state index >= 15 is 0 Å². The van der Waals surface area contributed by atoms with Crippen LogP contribution in [0.25, 0.3) is 0 Å². The van der Waals surface area contributed by atoms with Crippen molar-refractivity contribution in [1.29, 1.82) is 4.78 Å². The van der Waals surface area contributed by atoms with Crippen molar-refractivity contribution < 1.29 is 22.1 Å². The van der Waals surface area contributed by atoms with E-state index in [1.54, 1.807) is 0 Å². The van der Waals surface area contributed by atoms with Gasteiger partial charge in [-0.15, -0.1) is 13.2 Å². The molecule has 7 heteroatoms. The molecule has 0 fully saturated rings. The predicted molar refractivity (Wildman–Crippen MR) is 43.6 cm³/mol. The largest absolute Gasteiger partial charge is 0.573 e. The lowest BCUT2D eigenvalue weighted by atomic mass is 10.3. The van der Waals surface area contributed by atoms with Crippen LogP contribution >= 0.6 is 0 Å². The number of hydrogen-bond acceptors (Lipinski definition) is 3. The quantitative estimate of drug-likeness (QED) is 0.758. The number of thiol groups is 1. The van der Waals surface area contributed by atoms with Gasteiger partial charge in [0.25, 0.3) is 0 Å². The summed E-state index contributed by atoms with van der Waals surface area (Å²) in [6.45, 7) is 0. The molecule has 0 saturated heterocycles. The van der Waals surface area contributed by atoms with Crippen molar-refractivity contribution in [3.05, 3.63) is 24.3 Å². The fourth-order valence-electron chi connectivity index (χ4n) is 0.783. The molecule has 0 aliphatic rings. The average Bonchev–Trinajstić information content (AvgIpc) is 2.02. The maximum absolute atomic E-state index is 11.7. The summed E-state index contributed by atoms with van der Waals surface area (Å²) in [5.41, 5.74) is 0. The van der Waals surface area contributed by atoms with Crippen LogP contribution in [0.4, 0.5) is 13.2 Å². The number of benzene rings is 1. The van der Waals surface area contributed by atoms with Gasteiger partial charge in [-0.3, -0.25) is 4.78 Å². The van der Waals surface area contributed by atoms with Crippen LogP contribution < -0.4 is 4.74 Å². The van der Waals surface area contributed by atoms with Crippen molar-refractivity contribution in [1.82, 2.24) is 0 Å². The fourth-order valence-corrected chi connectivity index (χ4v) is 1.20. The summed E-state index contributed by atoms with van der Waals surface area (Å²) in [4.78, 5) is 0.162. The molecule has 0 heterocycles. The Morgan fingerprint density at radius 1 is 1.21 bits per heavy atom. The Labute approximate surface area is 79.5 Å². The Hall–Kier alpha value is -1.24. The van der Waals surface area contributed by atoms with Gasteiger partial charge in [-0.1, -0.05) is 0 Å². The van der Waals surface area contributed by atoms with Gasteiger partial charge in [0, 0.05) is 4.90 Å². The molecule has 1 aromatic rings. The molecule has 0 aliphatic carbocycles. The van der Waals surface area contributed by atoms with E-state index in [4.69, 9.17) is 4.78 Å². The van der Waals surface area contributed by atoms with Gasteiger partial charge in [0.05, 0.1) is 10.6 Å². The summed E-state index contributed by atoms with van der Waals surface area (Å²) in [6.07, 6.45) is -4.73. The Morgan fingerprint density at radius 2 is 1.71 bits per heavy atom. The van der Waals surface area contributed by atoms with E-state index in [0.29, 0.717) is 0 Å². The minimum atomic E-state index is -4.73. The van der Waals surface area contributed by atoms with E-state index < -0.39 is 22.7 Å². The van der Waals surface area contributed by atoms with Crippen LogP contribution in [0.1, 0.15) is 0 Å². The molecule has 1 aromatic carbocycles. The monoisotopic (exact) mass is 225 g/mol. The van der Waals surface area contributed by atoms with E-state index in [2.05, 4.69) is 4.74 Å². The Bertz CT molecular complexity index is 375. The second-order valence-electron chi connectivity index (χ2n) is 2.34. The highest BCUT2D eigenvalue weighted by Crippen LogP contribution is 2.22. The topological polar surface area (TPSA) is 50.2 Å². The van der Waals surface area contributed by atoms with E-state index in [9.17, 15) is 17.4 Å². The molecule has 0 bridgehead atoms. The lowest BCUT2D eigenvalue weighted by molar-refractivity contribution is -0.274. The highest BCUT2D eigenvalue weighted by Gasteiger charge is 2.30. The second-order valence-corrected chi connectivity index (χ2v) is 3.44. The summed E-state index contributed by atoms with van der Waals surface area (Å²) in [6, 6.07) is 4.36. The summed E-state index contributed by atoms with van der Waals surface area (Å²) in [5.74, 6) is -0.391. The molecule has 0 radical (unpaired) electrons. The zero-order valence-electron chi connectivity index (χ0n) is 6.71. The zero-order chi connectivity index (χ0) is 10.8. The Balaban J connectivity index is 2.84. The molecule has 0 aliphatic heterocycles. The number of rotatable bonds is 2. The van der Waals surface area contributed by atoms with Gasteiger partial charge in [-0.05, 0) is 24.3 Å². The lowest BCUT2D eigenvalue weighted by Gasteiger charge is -2.08. The van der Waals surface area contributed by atoms with Crippen LogP contribution in [0.5, 0.6) is 5.75 Å². The van der Waals surface area contributed by atoms with Crippen molar-refractivity contribution in [2.45, 2.75) is 11.3 Å². The van der Waals surface area contributed by atoms with Crippen molar-refractivity contribution in [3.63, 3.8) is 0 Å². The van der Waals surface area contributed by atoms with Gasteiger partial charge < -0.3 is 4.74 Å². The first kappa shape index (κ1) is 10.8. The maximum Gasteiger partial charge on any atom is 0.573 e. The molecule has 1 N–H and O–H groups in total. The van der Waals surface area contributed by atoms with Crippen molar-refractivity contribution in [3.8, 4) is 5.75 Å². The molecular weight excluding hydrogens is 219 g/mol. The highest BCUT2D eigenvalue weighted by atomic mass is 32.2. The normalized spacial score (nSPS) is 13.6. The minimum absolute atomic E-state index is 0.162. The third-order valence-corrected chi connectivity index (χ3v) is 2.07. The highest BCUT2D eigenvalue weighted by molar-refractivity contribution is 7.73. The minimum Gasteiger partial charge on any atom is -0.406 e. The summed E-state index contributed by atoms with van der Waals surface area (Å²) in [7, 11) is -2.28. The first-order valence-electron chi connectivity index (χ1n) is 3.43. The summed E-state index contributed by atoms with van der Waals surface area (Å²) in [5, 5.41) is 0. The van der Waals surface area contributed by atoms with Crippen molar-refractivity contribution in [2.24, 2.45) is 0 Å². The predicted octanol–water partition coefficient (Wildman–Crippen LogP) is 2.19. The number of hydrogen-bond donors (Lipinski definition) is 2. The van der Waals surface area contributed by atoms with Crippen LogP contribution in [-0.2, 0) is 10.6 Å². The summed E-state index contributed by atoms with van der Waals surface area (Å²) < 4.78 is 56.0. The molecule has 14 heavy (non-hydrogen) atoms. The molecule has 3 nitrogen and oxygen atoms in total. The van der Waals surface area contributed by atoms with Gasteiger partial charge >= 0.3 is 6.36 Å². The zero-order valence-corrected chi connectivity index (χ0v) is 7.60. The third kappa shape index (κ3) is 3.25.